The van der Waals surface area contributed by atoms with Gasteiger partial charge in [0.05, 0.1) is 21.5 Å². The van der Waals surface area contributed by atoms with E-state index < -0.39 is 0 Å². The molecule has 4 aromatic rings. The molecular weight excluding hydrogens is 499 g/mol. The highest BCUT2D eigenvalue weighted by Gasteiger charge is 2.19. The summed E-state index contributed by atoms with van der Waals surface area (Å²) in [5.74, 6) is 0.597. The molecule has 0 aliphatic heterocycles. The van der Waals surface area contributed by atoms with E-state index >= 15 is 0 Å². The number of thioether (sulfide) groups is 1. The third kappa shape index (κ3) is 5.89. The number of aryl methyl sites for hydroxylation is 1. The fourth-order valence-electron chi connectivity index (χ4n) is 3.52. The number of carbonyl (C=O) groups is 1. The summed E-state index contributed by atoms with van der Waals surface area (Å²) >= 11 is 13.7. The van der Waals surface area contributed by atoms with Crippen LogP contribution in [0.1, 0.15) is 31.9 Å². The van der Waals surface area contributed by atoms with Gasteiger partial charge in [0, 0.05) is 11.3 Å². The van der Waals surface area contributed by atoms with Crippen molar-refractivity contribution >= 4 is 46.6 Å². The maximum atomic E-state index is 12.7. The first kappa shape index (κ1) is 25.3. The van der Waals surface area contributed by atoms with Crippen molar-refractivity contribution in [3.8, 4) is 17.1 Å². The Hall–Kier alpha value is -2.80. The van der Waals surface area contributed by atoms with E-state index in [-0.39, 0.29) is 17.1 Å². The summed E-state index contributed by atoms with van der Waals surface area (Å²) in [5.41, 5.74) is 4.73. The predicted octanol–water partition coefficient (Wildman–Crippen LogP) is 7.58. The molecule has 0 unspecified atom stereocenters. The molecule has 0 saturated heterocycles. The number of amides is 1. The lowest BCUT2D eigenvalue weighted by molar-refractivity contribution is -0.113. The zero-order valence-corrected chi connectivity index (χ0v) is 22.3. The molecule has 0 fully saturated rings. The highest BCUT2D eigenvalue weighted by Crippen LogP contribution is 2.32. The molecule has 0 bridgehead atoms. The number of benzene rings is 3. The topological polar surface area (TPSA) is 59.8 Å². The van der Waals surface area contributed by atoms with Gasteiger partial charge in [-0.15, -0.1) is 10.2 Å². The highest BCUT2D eigenvalue weighted by atomic mass is 35.5. The van der Waals surface area contributed by atoms with E-state index in [4.69, 9.17) is 23.2 Å². The van der Waals surface area contributed by atoms with Crippen molar-refractivity contribution < 1.29 is 4.79 Å². The minimum Gasteiger partial charge on any atom is -0.323 e. The van der Waals surface area contributed by atoms with Gasteiger partial charge in [0.25, 0.3) is 0 Å². The minimum atomic E-state index is -0.237. The van der Waals surface area contributed by atoms with Gasteiger partial charge >= 0.3 is 0 Å². The molecule has 1 aromatic heterocycles. The SMILES string of the molecule is Cc1ccc(-n2c(SCC(=O)Nc3c(Cl)cccc3Cl)nnc2-c2ccc(C(C)(C)C)cc2)cc1. The lowest BCUT2D eigenvalue weighted by Gasteiger charge is -2.19. The van der Waals surface area contributed by atoms with Gasteiger partial charge in [-0.2, -0.15) is 0 Å². The van der Waals surface area contributed by atoms with E-state index in [9.17, 15) is 4.79 Å². The Balaban J connectivity index is 1.63. The maximum Gasteiger partial charge on any atom is 0.234 e. The fraction of sp³-hybridized carbons (Fsp3) is 0.222. The van der Waals surface area contributed by atoms with E-state index in [1.807, 2.05) is 35.8 Å². The average Bonchev–Trinajstić information content (AvgIpc) is 3.24. The minimum absolute atomic E-state index is 0.0576. The second kappa shape index (κ2) is 10.4. The van der Waals surface area contributed by atoms with Crippen molar-refractivity contribution in [3.63, 3.8) is 0 Å². The Morgan fingerprint density at radius 2 is 1.57 bits per heavy atom. The first-order chi connectivity index (χ1) is 16.6. The van der Waals surface area contributed by atoms with E-state index in [0.29, 0.717) is 26.7 Å². The molecule has 180 valence electrons. The highest BCUT2D eigenvalue weighted by molar-refractivity contribution is 7.99. The second-order valence-electron chi connectivity index (χ2n) is 9.24. The van der Waals surface area contributed by atoms with Gasteiger partial charge in [-0.3, -0.25) is 9.36 Å². The van der Waals surface area contributed by atoms with E-state index in [0.717, 1.165) is 16.8 Å². The van der Waals surface area contributed by atoms with Gasteiger partial charge in [-0.1, -0.05) is 104 Å². The van der Waals surface area contributed by atoms with Crippen LogP contribution < -0.4 is 5.32 Å². The van der Waals surface area contributed by atoms with Gasteiger partial charge in [0.2, 0.25) is 5.91 Å². The predicted molar refractivity (Wildman–Crippen MR) is 146 cm³/mol. The third-order valence-corrected chi connectivity index (χ3v) is 7.05. The molecule has 0 spiro atoms. The Bertz CT molecular complexity index is 1320. The van der Waals surface area contributed by atoms with E-state index in [1.54, 1.807) is 18.2 Å². The fourth-order valence-corrected chi connectivity index (χ4v) is 4.76. The molecule has 3 aromatic carbocycles. The van der Waals surface area contributed by atoms with Crippen LogP contribution in [0.3, 0.4) is 0 Å². The zero-order chi connectivity index (χ0) is 25.2. The standard InChI is InChI=1S/C27H26Cl2N4OS/c1-17-8-14-20(15-9-17)33-25(18-10-12-19(13-11-18)27(2,3)4)31-32-26(33)35-16-23(34)30-24-21(28)6-5-7-22(24)29/h5-15H,16H2,1-4H3,(H,30,34). The van der Waals surface area contributed by atoms with Crippen LogP contribution >= 0.6 is 35.0 Å². The number of hydrogen-bond donors (Lipinski definition) is 1. The lowest BCUT2D eigenvalue weighted by Crippen LogP contribution is -2.15. The zero-order valence-electron chi connectivity index (χ0n) is 20.0. The van der Waals surface area contributed by atoms with Crippen LogP contribution in [-0.2, 0) is 10.2 Å². The molecule has 1 heterocycles. The summed E-state index contributed by atoms with van der Waals surface area (Å²) in [4.78, 5) is 12.7. The van der Waals surface area contributed by atoms with Gasteiger partial charge < -0.3 is 5.32 Å². The second-order valence-corrected chi connectivity index (χ2v) is 11.0. The molecule has 1 amide bonds. The van der Waals surface area contributed by atoms with Crippen LogP contribution in [0.25, 0.3) is 17.1 Å². The van der Waals surface area contributed by atoms with Crippen LogP contribution in [0, 0.1) is 6.92 Å². The molecule has 35 heavy (non-hydrogen) atoms. The van der Waals surface area contributed by atoms with Crippen LogP contribution in [0.15, 0.2) is 71.9 Å². The largest absolute Gasteiger partial charge is 0.323 e. The Morgan fingerprint density at radius 1 is 0.943 bits per heavy atom. The number of carbonyl (C=O) groups excluding carboxylic acids is 1. The third-order valence-electron chi connectivity index (χ3n) is 5.49. The van der Waals surface area contributed by atoms with E-state index in [2.05, 4.69) is 60.6 Å². The number of nitrogens with zero attached hydrogens (tertiary/aromatic N) is 3. The molecule has 1 N–H and O–H groups in total. The number of nitrogens with one attached hydrogen (secondary N) is 1. The monoisotopic (exact) mass is 524 g/mol. The summed E-state index contributed by atoms with van der Waals surface area (Å²) in [5, 5.41) is 13.1. The van der Waals surface area contributed by atoms with Crippen LogP contribution in [0.4, 0.5) is 5.69 Å². The number of para-hydroxylation sites is 1. The molecular formula is C27H26Cl2N4OS. The van der Waals surface area contributed by atoms with Crippen molar-refractivity contribution in [2.45, 2.75) is 38.3 Å². The van der Waals surface area contributed by atoms with Gasteiger partial charge in [-0.25, -0.2) is 0 Å². The van der Waals surface area contributed by atoms with Crippen LogP contribution in [0.2, 0.25) is 10.0 Å². The molecule has 0 aliphatic rings. The van der Waals surface area contributed by atoms with Crippen molar-refractivity contribution in [2.24, 2.45) is 0 Å². The Kier molecular flexibility index (Phi) is 7.55. The van der Waals surface area contributed by atoms with Gasteiger partial charge in [0.15, 0.2) is 11.0 Å². The molecule has 0 saturated carbocycles. The Morgan fingerprint density at radius 3 is 2.17 bits per heavy atom. The Labute approximate surface area is 219 Å². The quantitative estimate of drug-likeness (QED) is 0.264. The normalized spacial score (nSPS) is 11.5. The summed E-state index contributed by atoms with van der Waals surface area (Å²) in [6, 6.07) is 21.6. The molecule has 8 heteroatoms. The number of aromatic nitrogens is 3. The van der Waals surface area contributed by atoms with Crippen LogP contribution in [0.5, 0.6) is 0 Å². The molecule has 0 atom stereocenters. The van der Waals surface area contributed by atoms with Crippen molar-refractivity contribution in [1.82, 2.24) is 14.8 Å². The number of rotatable bonds is 6. The van der Waals surface area contributed by atoms with Gasteiger partial charge in [-0.05, 0) is 42.2 Å². The van der Waals surface area contributed by atoms with Crippen molar-refractivity contribution in [1.29, 1.82) is 0 Å². The van der Waals surface area contributed by atoms with Gasteiger partial charge in [0.1, 0.15) is 0 Å². The maximum absolute atomic E-state index is 12.7. The molecule has 0 aliphatic carbocycles. The number of anilines is 1. The smallest absolute Gasteiger partial charge is 0.234 e. The van der Waals surface area contributed by atoms with Crippen LogP contribution in [-0.4, -0.2) is 26.4 Å². The molecule has 4 rings (SSSR count). The van der Waals surface area contributed by atoms with E-state index in [1.165, 1.54) is 17.3 Å². The summed E-state index contributed by atoms with van der Waals surface area (Å²) < 4.78 is 1.98. The first-order valence-electron chi connectivity index (χ1n) is 11.1. The lowest BCUT2D eigenvalue weighted by atomic mass is 9.87. The number of hydrogen-bond acceptors (Lipinski definition) is 4. The molecule has 5 nitrogen and oxygen atoms in total. The number of halogens is 2. The average molecular weight is 526 g/mol. The summed E-state index contributed by atoms with van der Waals surface area (Å²) in [6.45, 7) is 8.60. The first-order valence-corrected chi connectivity index (χ1v) is 12.9. The van der Waals surface area contributed by atoms with Crippen molar-refractivity contribution in [3.05, 3.63) is 87.9 Å². The van der Waals surface area contributed by atoms with Crippen molar-refractivity contribution in [2.75, 3.05) is 11.1 Å². The molecule has 0 radical (unpaired) electrons. The summed E-state index contributed by atoms with van der Waals surface area (Å²) in [7, 11) is 0. The summed E-state index contributed by atoms with van der Waals surface area (Å²) in [6.07, 6.45) is 0.